The standard InChI is InChI=1S/C24H31N5O/c1-29(2)23-20-10-6-7-11-21(20)27-24(28-23)26-19-14-12-18(13-15-19)25-16-22(30)17-8-4-3-5-9-17/h3-11,18-19,22,25,30H,12-16H2,1-2H3,(H,26,27,28)/t18-,19+,22?. The number of aromatic nitrogens is 2. The highest BCUT2D eigenvalue weighted by molar-refractivity contribution is 5.90. The van der Waals surface area contributed by atoms with Crippen LogP contribution < -0.4 is 15.5 Å². The van der Waals surface area contributed by atoms with E-state index in [0.29, 0.717) is 24.6 Å². The van der Waals surface area contributed by atoms with Crippen molar-refractivity contribution in [3.63, 3.8) is 0 Å². The second-order valence-electron chi connectivity index (χ2n) is 8.31. The Morgan fingerprint density at radius 3 is 2.33 bits per heavy atom. The van der Waals surface area contributed by atoms with Crippen molar-refractivity contribution < 1.29 is 5.11 Å². The summed E-state index contributed by atoms with van der Waals surface area (Å²) in [6, 6.07) is 18.8. The maximum Gasteiger partial charge on any atom is 0.225 e. The average Bonchev–Trinajstić information content (AvgIpc) is 2.78. The van der Waals surface area contributed by atoms with Crippen molar-refractivity contribution in [3.05, 3.63) is 60.2 Å². The third-order valence-electron chi connectivity index (χ3n) is 5.85. The molecule has 3 aromatic rings. The minimum Gasteiger partial charge on any atom is -0.387 e. The van der Waals surface area contributed by atoms with E-state index in [-0.39, 0.29) is 0 Å². The van der Waals surface area contributed by atoms with Gasteiger partial charge in [-0.2, -0.15) is 4.98 Å². The summed E-state index contributed by atoms with van der Waals surface area (Å²) in [5.41, 5.74) is 1.93. The highest BCUT2D eigenvalue weighted by Gasteiger charge is 2.22. The van der Waals surface area contributed by atoms with Gasteiger partial charge in [0.25, 0.3) is 0 Å². The summed E-state index contributed by atoms with van der Waals surface area (Å²) in [7, 11) is 4.03. The number of benzene rings is 2. The van der Waals surface area contributed by atoms with Gasteiger partial charge in [-0.25, -0.2) is 4.98 Å². The first-order valence-corrected chi connectivity index (χ1v) is 10.8. The Morgan fingerprint density at radius 2 is 1.60 bits per heavy atom. The van der Waals surface area contributed by atoms with Crippen molar-refractivity contribution in [2.75, 3.05) is 30.9 Å². The molecule has 1 atom stereocenters. The molecule has 1 saturated carbocycles. The van der Waals surface area contributed by atoms with Crippen LogP contribution in [-0.2, 0) is 0 Å². The topological polar surface area (TPSA) is 73.3 Å². The highest BCUT2D eigenvalue weighted by atomic mass is 16.3. The number of aliphatic hydroxyl groups excluding tert-OH is 1. The van der Waals surface area contributed by atoms with Crippen LogP contribution in [0.3, 0.4) is 0 Å². The van der Waals surface area contributed by atoms with Crippen molar-refractivity contribution in [1.82, 2.24) is 15.3 Å². The van der Waals surface area contributed by atoms with Gasteiger partial charge in [0.1, 0.15) is 5.82 Å². The van der Waals surface area contributed by atoms with E-state index in [1.54, 1.807) is 0 Å². The summed E-state index contributed by atoms with van der Waals surface area (Å²) in [5, 5.41) is 18.5. The third kappa shape index (κ3) is 4.89. The van der Waals surface area contributed by atoms with Crippen LogP contribution >= 0.6 is 0 Å². The van der Waals surface area contributed by atoms with Crippen LogP contribution in [0, 0.1) is 0 Å². The van der Waals surface area contributed by atoms with E-state index >= 15 is 0 Å². The molecule has 1 aliphatic carbocycles. The van der Waals surface area contributed by atoms with Crippen LogP contribution in [0.4, 0.5) is 11.8 Å². The molecule has 1 fully saturated rings. The number of para-hydroxylation sites is 1. The summed E-state index contributed by atoms with van der Waals surface area (Å²) in [4.78, 5) is 11.5. The van der Waals surface area contributed by atoms with Crippen LogP contribution in [0.25, 0.3) is 10.9 Å². The lowest BCUT2D eigenvalue weighted by Gasteiger charge is -2.30. The fraction of sp³-hybridized carbons (Fsp3) is 0.417. The van der Waals surface area contributed by atoms with Crippen molar-refractivity contribution in [3.8, 4) is 0 Å². The largest absolute Gasteiger partial charge is 0.387 e. The number of aliphatic hydroxyl groups is 1. The molecule has 0 radical (unpaired) electrons. The molecular weight excluding hydrogens is 374 g/mol. The third-order valence-corrected chi connectivity index (χ3v) is 5.85. The van der Waals surface area contributed by atoms with Crippen molar-refractivity contribution in [1.29, 1.82) is 0 Å². The molecule has 1 aromatic heterocycles. The molecule has 4 rings (SSSR count). The van der Waals surface area contributed by atoms with Gasteiger partial charge in [0.15, 0.2) is 0 Å². The van der Waals surface area contributed by atoms with E-state index < -0.39 is 6.10 Å². The number of hydrogen-bond acceptors (Lipinski definition) is 6. The number of nitrogens with zero attached hydrogens (tertiary/aromatic N) is 3. The summed E-state index contributed by atoms with van der Waals surface area (Å²) in [5.74, 6) is 1.64. The first-order chi connectivity index (χ1) is 14.6. The van der Waals surface area contributed by atoms with E-state index in [1.165, 1.54) is 0 Å². The molecule has 6 nitrogen and oxygen atoms in total. The molecule has 3 N–H and O–H groups in total. The quantitative estimate of drug-likeness (QED) is 0.556. The lowest BCUT2D eigenvalue weighted by atomic mass is 9.91. The molecule has 1 heterocycles. The number of anilines is 2. The van der Waals surface area contributed by atoms with E-state index in [2.05, 4.69) is 16.7 Å². The lowest BCUT2D eigenvalue weighted by molar-refractivity contribution is 0.165. The smallest absolute Gasteiger partial charge is 0.225 e. The predicted octanol–water partition coefficient (Wildman–Crippen LogP) is 3.74. The zero-order valence-corrected chi connectivity index (χ0v) is 17.8. The zero-order valence-electron chi connectivity index (χ0n) is 17.8. The van der Waals surface area contributed by atoms with Gasteiger partial charge in [-0.05, 0) is 43.4 Å². The Bertz CT molecular complexity index is 954. The fourth-order valence-corrected chi connectivity index (χ4v) is 4.16. The van der Waals surface area contributed by atoms with Crippen molar-refractivity contribution in [2.45, 2.75) is 43.9 Å². The normalized spacial score (nSPS) is 20.1. The molecule has 0 amide bonds. The molecule has 30 heavy (non-hydrogen) atoms. The SMILES string of the molecule is CN(C)c1nc(N[C@H]2CC[C@@H](NCC(O)c3ccccc3)CC2)nc2ccccc12. The monoisotopic (exact) mass is 405 g/mol. The molecular formula is C24H31N5O. The van der Waals surface area contributed by atoms with Gasteiger partial charge in [-0.3, -0.25) is 0 Å². The van der Waals surface area contributed by atoms with Crippen LogP contribution in [0.15, 0.2) is 54.6 Å². The summed E-state index contributed by atoms with van der Waals surface area (Å²) < 4.78 is 0. The minimum atomic E-state index is -0.461. The Morgan fingerprint density at radius 1 is 0.933 bits per heavy atom. The first-order valence-electron chi connectivity index (χ1n) is 10.8. The van der Waals surface area contributed by atoms with Gasteiger partial charge in [0, 0.05) is 38.1 Å². The van der Waals surface area contributed by atoms with Gasteiger partial charge in [-0.15, -0.1) is 0 Å². The molecule has 0 saturated heterocycles. The number of hydrogen-bond donors (Lipinski definition) is 3. The number of fused-ring (bicyclic) bond motifs is 1. The van der Waals surface area contributed by atoms with Gasteiger partial charge >= 0.3 is 0 Å². The summed E-state index contributed by atoms with van der Waals surface area (Å²) in [6.07, 6.45) is 3.82. The van der Waals surface area contributed by atoms with Crippen LogP contribution in [0.5, 0.6) is 0 Å². The summed E-state index contributed by atoms with van der Waals surface area (Å²) in [6.45, 7) is 0.590. The molecule has 2 aromatic carbocycles. The lowest BCUT2D eigenvalue weighted by Crippen LogP contribution is -2.39. The second-order valence-corrected chi connectivity index (χ2v) is 8.31. The zero-order chi connectivity index (χ0) is 20.9. The second kappa shape index (κ2) is 9.41. The molecule has 1 aliphatic rings. The van der Waals surface area contributed by atoms with E-state index in [4.69, 9.17) is 9.97 Å². The number of rotatable bonds is 7. The average molecular weight is 406 g/mol. The Kier molecular flexibility index (Phi) is 6.45. The fourth-order valence-electron chi connectivity index (χ4n) is 4.16. The molecule has 0 bridgehead atoms. The van der Waals surface area contributed by atoms with E-state index in [9.17, 15) is 5.11 Å². The molecule has 6 heteroatoms. The molecule has 158 valence electrons. The van der Waals surface area contributed by atoms with E-state index in [1.807, 2.05) is 67.5 Å². The Hall–Kier alpha value is -2.70. The summed E-state index contributed by atoms with van der Waals surface area (Å²) >= 11 is 0. The van der Waals surface area contributed by atoms with E-state index in [0.717, 1.165) is 48.0 Å². The molecule has 0 aliphatic heterocycles. The first kappa shape index (κ1) is 20.6. The number of nitrogens with one attached hydrogen (secondary N) is 2. The Balaban J connectivity index is 1.32. The predicted molar refractivity (Wildman–Crippen MR) is 123 cm³/mol. The Labute approximate surface area is 178 Å². The molecule has 0 spiro atoms. The van der Waals surface area contributed by atoms with Crippen molar-refractivity contribution >= 4 is 22.7 Å². The van der Waals surface area contributed by atoms with Gasteiger partial charge < -0.3 is 20.6 Å². The maximum atomic E-state index is 10.4. The van der Waals surface area contributed by atoms with Crippen LogP contribution in [0.1, 0.15) is 37.4 Å². The molecule has 1 unspecified atom stereocenters. The van der Waals surface area contributed by atoms with Crippen LogP contribution in [0.2, 0.25) is 0 Å². The van der Waals surface area contributed by atoms with Crippen LogP contribution in [-0.4, -0.2) is 47.8 Å². The van der Waals surface area contributed by atoms with Gasteiger partial charge in [-0.1, -0.05) is 42.5 Å². The van der Waals surface area contributed by atoms with Gasteiger partial charge in [0.05, 0.1) is 11.6 Å². The van der Waals surface area contributed by atoms with Gasteiger partial charge in [0.2, 0.25) is 5.95 Å². The highest BCUT2D eigenvalue weighted by Crippen LogP contribution is 2.26. The minimum absolute atomic E-state index is 0.373. The van der Waals surface area contributed by atoms with Crippen molar-refractivity contribution in [2.24, 2.45) is 0 Å². The maximum absolute atomic E-state index is 10.4.